The number of carbonyl (C=O) groups is 1. The topological polar surface area (TPSA) is 53.2 Å². The number of hydrogen-bond donors (Lipinski definition) is 1. The number of piperidine rings is 1. The molecule has 1 unspecified atom stereocenters. The zero-order chi connectivity index (χ0) is 13.8. The molecule has 1 N–H and O–H groups in total. The lowest BCUT2D eigenvalue weighted by molar-refractivity contribution is 0.0670. The van der Waals surface area contributed by atoms with E-state index in [1.807, 2.05) is 11.8 Å². The molecule has 2 heterocycles. The summed E-state index contributed by atoms with van der Waals surface area (Å²) in [6, 6.07) is 1.48. The van der Waals surface area contributed by atoms with Crippen molar-refractivity contribution in [2.24, 2.45) is 5.92 Å². The van der Waals surface area contributed by atoms with Gasteiger partial charge in [0.15, 0.2) is 5.43 Å². The van der Waals surface area contributed by atoms with Gasteiger partial charge in [-0.2, -0.15) is 0 Å². The van der Waals surface area contributed by atoms with Gasteiger partial charge in [0.05, 0.1) is 0 Å². The highest BCUT2D eigenvalue weighted by Crippen LogP contribution is 2.21. The quantitative estimate of drug-likeness (QED) is 0.866. The van der Waals surface area contributed by atoms with Gasteiger partial charge in [0.2, 0.25) is 0 Å². The third-order valence-corrected chi connectivity index (χ3v) is 4.07. The average Bonchev–Trinajstić information content (AvgIpc) is 2.39. The molecule has 0 bridgehead atoms. The Labute approximate surface area is 121 Å². The third kappa shape index (κ3) is 3.47. The molecule has 1 amide bonds. The Balaban J connectivity index is 2.12. The first-order valence-electron chi connectivity index (χ1n) is 6.66. The summed E-state index contributed by atoms with van der Waals surface area (Å²) in [6.45, 7) is 3.32. The van der Waals surface area contributed by atoms with Crippen molar-refractivity contribution in [2.45, 2.75) is 26.2 Å². The lowest BCUT2D eigenvalue weighted by atomic mass is 9.95. The molecule has 0 spiro atoms. The van der Waals surface area contributed by atoms with Crippen LogP contribution in [0, 0.1) is 12.8 Å². The van der Waals surface area contributed by atoms with Gasteiger partial charge in [-0.15, -0.1) is 0 Å². The van der Waals surface area contributed by atoms with Crippen LogP contribution in [0.4, 0.5) is 0 Å². The van der Waals surface area contributed by atoms with Crippen molar-refractivity contribution < 1.29 is 4.79 Å². The Morgan fingerprint density at radius 2 is 2.37 bits per heavy atom. The number of aromatic nitrogens is 1. The highest BCUT2D eigenvalue weighted by atomic mass is 79.9. The van der Waals surface area contributed by atoms with E-state index in [4.69, 9.17) is 0 Å². The van der Waals surface area contributed by atoms with Crippen molar-refractivity contribution >= 4 is 21.8 Å². The number of nitrogens with zero attached hydrogens (tertiary/aromatic N) is 1. The molecule has 1 saturated heterocycles. The third-order valence-electron chi connectivity index (χ3n) is 3.61. The molecule has 0 aliphatic carbocycles. The van der Waals surface area contributed by atoms with Gasteiger partial charge in [0, 0.05) is 36.4 Å². The maximum absolute atomic E-state index is 12.4. The summed E-state index contributed by atoms with van der Waals surface area (Å²) >= 11 is 3.45. The zero-order valence-corrected chi connectivity index (χ0v) is 12.7. The maximum Gasteiger partial charge on any atom is 0.259 e. The average molecular weight is 327 g/mol. The van der Waals surface area contributed by atoms with Crippen LogP contribution >= 0.6 is 15.9 Å². The molecule has 4 nitrogen and oxygen atoms in total. The smallest absolute Gasteiger partial charge is 0.259 e. The number of halogens is 1. The second kappa shape index (κ2) is 6.37. The second-order valence-corrected chi connectivity index (χ2v) is 5.92. The Bertz CT molecular complexity index is 510. The fourth-order valence-electron chi connectivity index (χ4n) is 2.55. The van der Waals surface area contributed by atoms with E-state index < -0.39 is 0 Å². The molecule has 1 atom stereocenters. The van der Waals surface area contributed by atoms with E-state index in [2.05, 4.69) is 20.9 Å². The molecule has 19 heavy (non-hydrogen) atoms. The minimum atomic E-state index is -0.191. The first kappa shape index (κ1) is 14.3. The van der Waals surface area contributed by atoms with Crippen LogP contribution in [-0.4, -0.2) is 34.2 Å². The number of aromatic amines is 1. The lowest BCUT2D eigenvalue weighted by Crippen LogP contribution is -2.41. The highest BCUT2D eigenvalue weighted by Gasteiger charge is 2.25. The van der Waals surface area contributed by atoms with Crippen LogP contribution in [0.3, 0.4) is 0 Å². The fraction of sp³-hybridized carbons (Fsp3) is 0.571. The van der Waals surface area contributed by atoms with Crippen LogP contribution in [0.15, 0.2) is 17.1 Å². The monoisotopic (exact) mass is 326 g/mol. The van der Waals surface area contributed by atoms with Crippen LogP contribution in [0.25, 0.3) is 0 Å². The Kier molecular flexibility index (Phi) is 4.80. The van der Waals surface area contributed by atoms with Crippen molar-refractivity contribution in [1.29, 1.82) is 0 Å². The number of carbonyl (C=O) groups excluding carboxylic acids is 1. The Hall–Kier alpha value is -1.10. The standard InChI is InChI=1S/C14H19BrN2O2/c1-10-7-13(18)12(8-16-10)14(19)17-6-2-3-11(9-17)4-5-15/h7-8,11H,2-6,9H2,1H3,(H,16,18). The van der Waals surface area contributed by atoms with Crippen LogP contribution in [-0.2, 0) is 0 Å². The molecule has 104 valence electrons. The summed E-state index contributed by atoms with van der Waals surface area (Å²) in [5.74, 6) is 0.405. The molecule has 1 aromatic rings. The van der Waals surface area contributed by atoms with E-state index in [-0.39, 0.29) is 16.9 Å². The number of hydrogen-bond acceptors (Lipinski definition) is 2. The molecular formula is C14H19BrN2O2. The number of H-pyrrole nitrogens is 1. The summed E-state index contributed by atoms with van der Waals surface area (Å²) in [5, 5.41) is 0.963. The number of pyridine rings is 1. The Morgan fingerprint density at radius 1 is 1.58 bits per heavy atom. The SMILES string of the molecule is Cc1cc(=O)c(C(=O)N2CCCC(CCBr)C2)c[nH]1. The normalized spacial score (nSPS) is 19.5. The van der Waals surface area contributed by atoms with Crippen LogP contribution < -0.4 is 5.43 Å². The molecule has 0 aromatic carbocycles. The number of rotatable bonds is 3. The molecule has 1 fully saturated rings. The highest BCUT2D eigenvalue weighted by molar-refractivity contribution is 9.09. The minimum Gasteiger partial charge on any atom is -0.364 e. The summed E-state index contributed by atoms with van der Waals surface area (Å²) in [5.41, 5.74) is 0.839. The molecule has 2 rings (SSSR count). The van der Waals surface area contributed by atoms with E-state index in [9.17, 15) is 9.59 Å². The first-order valence-corrected chi connectivity index (χ1v) is 7.78. The van der Waals surface area contributed by atoms with Gasteiger partial charge in [-0.1, -0.05) is 15.9 Å². The number of amides is 1. The predicted octanol–water partition coefficient (Wildman–Crippen LogP) is 2.32. The largest absolute Gasteiger partial charge is 0.364 e. The van der Waals surface area contributed by atoms with E-state index in [1.54, 1.807) is 0 Å². The molecule has 1 aliphatic heterocycles. The summed E-state index contributed by atoms with van der Waals surface area (Å²) in [4.78, 5) is 29.0. The van der Waals surface area contributed by atoms with Crippen LogP contribution in [0.5, 0.6) is 0 Å². The summed E-state index contributed by atoms with van der Waals surface area (Å²) in [6.07, 6.45) is 4.80. The van der Waals surface area contributed by atoms with Gasteiger partial charge >= 0.3 is 0 Å². The van der Waals surface area contributed by atoms with E-state index >= 15 is 0 Å². The van der Waals surface area contributed by atoms with Crippen molar-refractivity contribution in [3.63, 3.8) is 0 Å². The van der Waals surface area contributed by atoms with Gasteiger partial charge in [-0.3, -0.25) is 9.59 Å². The van der Waals surface area contributed by atoms with E-state index in [0.717, 1.165) is 37.0 Å². The number of nitrogens with one attached hydrogen (secondary N) is 1. The zero-order valence-electron chi connectivity index (χ0n) is 11.1. The van der Waals surface area contributed by atoms with Gasteiger partial charge < -0.3 is 9.88 Å². The van der Waals surface area contributed by atoms with Crippen LogP contribution in [0.2, 0.25) is 0 Å². The van der Waals surface area contributed by atoms with E-state index in [0.29, 0.717) is 5.92 Å². The molecule has 0 saturated carbocycles. The van der Waals surface area contributed by atoms with Gasteiger partial charge in [0.1, 0.15) is 5.56 Å². The Morgan fingerprint density at radius 3 is 3.05 bits per heavy atom. The van der Waals surface area contributed by atoms with Crippen molar-refractivity contribution in [3.8, 4) is 0 Å². The summed E-state index contributed by atoms with van der Waals surface area (Å²) < 4.78 is 0. The van der Waals surface area contributed by atoms with E-state index in [1.165, 1.54) is 18.7 Å². The van der Waals surface area contributed by atoms with Crippen molar-refractivity contribution in [1.82, 2.24) is 9.88 Å². The number of alkyl halides is 1. The number of likely N-dealkylation sites (tertiary alicyclic amines) is 1. The van der Waals surface area contributed by atoms with Gasteiger partial charge in [-0.05, 0) is 32.1 Å². The fourth-order valence-corrected chi connectivity index (χ4v) is 3.20. The lowest BCUT2D eigenvalue weighted by Gasteiger charge is -2.32. The molecule has 1 aromatic heterocycles. The minimum absolute atomic E-state index is 0.138. The molecule has 5 heteroatoms. The van der Waals surface area contributed by atoms with Crippen molar-refractivity contribution in [2.75, 3.05) is 18.4 Å². The summed E-state index contributed by atoms with van der Waals surface area (Å²) in [7, 11) is 0. The predicted molar refractivity (Wildman–Crippen MR) is 78.8 cm³/mol. The first-order chi connectivity index (χ1) is 9.11. The second-order valence-electron chi connectivity index (χ2n) is 5.13. The number of aryl methyl sites for hydroxylation is 1. The maximum atomic E-state index is 12.4. The molecule has 1 aliphatic rings. The molecule has 0 radical (unpaired) electrons. The van der Waals surface area contributed by atoms with Gasteiger partial charge in [0.25, 0.3) is 5.91 Å². The molecular weight excluding hydrogens is 308 g/mol. The van der Waals surface area contributed by atoms with Gasteiger partial charge in [-0.25, -0.2) is 0 Å². The van der Waals surface area contributed by atoms with Crippen LogP contribution in [0.1, 0.15) is 35.3 Å². The van der Waals surface area contributed by atoms with Crippen molar-refractivity contribution in [3.05, 3.63) is 33.7 Å².